The van der Waals surface area contributed by atoms with Gasteiger partial charge in [0, 0.05) is 11.4 Å². The molecule has 19 heavy (non-hydrogen) atoms. The predicted molar refractivity (Wildman–Crippen MR) is 68.9 cm³/mol. The topological polar surface area (TPSA) is 65.2 Å². The number of carbonyl (C=O) groups is 1. The van der Waals surface area contributed by atoms with Gasteiger partial charge in [0.15, 0.2) is 5.82 Å². The number of nitrogens with zero attached hydrogens (tertiary/aromatic N) is 2. The minimum absolute atomic E-state index is 0.00145. The molecule has 100 valence electrons. The number of hydrogen-bond donors (Lipinski definition) is 0. The van der Waals surface area contributed by atoms with E-state index < -0.39 is 0 Å². The maximum atomic E-state index is 11.3. The lowest BCUT2D eigenvalue weighted by Gasteiger charge is -1.97. The maximum absolute atomic E-state index is 11.3. The van der Waals surface area contributed by atoms with E-state index in [4.69, 9.17) is 20.9 Å². The summed E-state index contributed by atoms with van der Waals surface area (Å²) in [4.78, 5) is 15.4. The van der Waals surface area contributed by atoms with Crippen molar-refractivity contribution in [3.63, 3.8) is 0 Å². The van der Waals surface area contributed by atoms with E-state index >= 15 is 0 Å². The van der Waals surface area contributed by atoms with Crippen molar-refractivity contribution in [2.75, 3.05) is 6.61 Å². The quantitative estimate of drug-likeness (QED) is 0.787. The van der Waals surface area contributed by atoms with Gasteiger partial charge >= 0.3 is 5.97 Å². The van der Waals surface area contributed by atoms with Crippen LogP contribution in [0.3, 0.4) is 0 Å². The zero-order valence-electron chi connectivity index (χ0n) is 10.4. The van der Waals surface area contributed by atoms with Crippen LogP contribution in [0.5, 0.6) is 0 Å². The van der Waals surface area contributed by atoms with Gasteiger partial charge < -0.3 is 9.26 Å². The van der Waals surface area contributed by atoms with Gasteiger partial charge in [-0.15, -0.1) is 0 Å². The molecule has 0 N–H and O–H groups in total. The molecule has 0 unspecified atom stereocenters. The van der Waals surface area contributed by atoms with Crippen molar-refractivity contribution < 1.29 is 14.1 Å². The Morgan fingerprint density at radius 2 is 2.11 bits per heavy atom. The van der Waals surface area contributed by atoms with Crippen molar-refractivity contribution in [1.82, 2.24) is 10.1 Å². The molecule has 0 aliphatic heterocycles. The lowest BCUT2D eigenvalue weighted by Crippen LogP contribution is -2.07. The number of hydrogen-bond acceptors (Lipinski definition) is 5. The number of esters is 1. The molecule has 2 aromatic rings. The Hall–Kier alpha value is -1.88. The van der Waals surface area contributed by atoms with Crippen molar-refractivity contribution in [1.29, 1.82) is 0 Å². The first-order valence-corrected chi connectivity index (χ1v) is 6.26. The Morgan fingerprint density at radius 3 is 2.79 bits per heavy atom. The summed E-state index contributed by atoms with van der Waals surface area (Å²) < 4.78 is 9.79. The fourth-order valence-electron chi connectivity index (χ4n) is 1.55. The number of halogens is 1. The molecule has 0 saturated carbocycles. The van der Waals surface area contributed by atoms with Crippen molar-refractivity contribution >= 4 is 17.6 Å². The fraction of sp³-hybridized carbons (Fsp3) is 0.308. The van der Waals surface area contributed by atoms with Crippen LogP contribution in [-0.2, 0) is 22.4 Å². The maximum Gasteiger partial charge on any atom is 0.315 e. The van der Waals surface area contributed by atoms with Crippen LogP contribution in [0.4, 0.5) is 0 Å². The molecule has 2 rings (SSSR count). The summed E-state index contributed by atoms with van der Waals surface area (Å²) in [6.45, 7) is 2.09. The molecule has 6 heteroatoms. The van der Waals surface area contributed by atoms with E-state index in [0.29, 0.717) is 23.9 Å². The van der Waals surface area contributed by atoms with Crippen LogP contribution >= 0.6 is 11.6 Å². The molecule has 0 spiro atoms. The Bertz CT molecular complexity index is 551. The molecule has 1 aromatic carbocycles. The summed E-state index contributed by atoms with van der Waals surface area (Å²) in [5.74, 6) is 0.424. The lowest BCUT2D eigenvalue weighted by molar-refractivity contribution is -0.142. The average Bonchev–Trinajstić information content (AvgIpc) is 2.80. The molecule has 0 atom stereocenters. The standard InChI is InChI=1S/C13H13ClN2O3/c1-2-18-13(17)8-12-15-11(16-19-12)7-9-3-5-10(14)6-4-9/h3-6H,2,7-8H2,1H3. The highest BCUT2D eigenvalue weighted by Crippen LogP contribution is 2.12. The molecule has 1 heterocycles. The van der Waals surface area contributed by atoms with E-state index in [1.165, 1.54) is 0 Å². The minimum atomic E-state index is -0.371. The predicted octanol–water partition coefficient (Wildman–Crippen LogP) is 2.42. The van der Waals surface area contributed by atoms with E-state index in [9.17, 15) is 4.79 Å². The molecular weight excluding hydrogens is 268 g/mol. The molecule has 0 aliphatic carbocycles. The summed E-state index contributed by atoms with van der Waals surface area (Å²) in [6.07, 6.45) is 0.533. The minimum Gasteiger partial charge on any atom is -0.466 e. The number of carbonyl (C=O) groups excluding carboxylic acids is 1. The summed E-state index contributed by atoms with van der Waals surface area (Å²) in [6, 6.07) is 7.39. The highest BCUT2D eigenvalue weighted by molar-refractivity contribution is 6.30. The van der Waals surface area contributed by atoms with Crippen LogP contribution in [0, 0.1) is 0 Å². The second-order valence-corrected chi connectivity index (χ2v) is 4.33. The molecule has 0 fully saturated rings. The smallest absolute Gasteiger partial charge is 0.315 e. The van der Waals surface area contributed by atoms with Gasteiger partial charge in [0.05, 0.1) is 6.61 Å². The van der Waals surface area contributed by atoms with Gasteiger partial charge in [-0.05, 0) is 24.6 Å². The van der Waals surface area contributed by atoms with Gasteiger partial charge in [-0.1, -0.05) is 28.9 Å². The van der Waals surface area contributed by atoms with E-state index in [0.717, 1.165) is 5.56 Å². The van der Waals surface area contributed by atoms with Gasteiger partial charge in [-0.3, -0.25) is 4.79 Å². The van der Waals surface area contributed by atoms with Gasteiger partial charge in [0.2, 0.25) is 5.89 Å². The highest BCUT2D eigenvalue weighted by Gasteiger charge is 2.12. The molecule has 0 amide bonds. The molecular formula is C13H13ClN2O3. The third-order valence-corrected chi connectivity index (χ3v) is 2.64. The van der Waals surface area contributed by atoms with Crippen LogP contribution in [0.15, 0.2) is 28.8 Å². The first kappa shape index (κ1) is 13.5. The molecule has 5 nitrogen and oxygen atoms in total. The lowest BCUT2D eigenvalue weighted by atomic mass is 10.1. The average molecular weight is 281 g/mol. The Morgan fingerprint density at radius 1 is 1.37 bits per heavy atom. The number of benzene rings is 1. The zero-order chi connectivity index (χ0) is 13.7. The van der Waals surface area contributed by atoms with E-state index in [-0.39, 0.29) is 18.3 Å². The number of rotatable bonds is 5. The van der Waals surface area contributed by atoms with Crippen molar-refractivity contribution in [3.8, 4) is 0 Å². The Kier molecular flexibility index (Phi) is 4.52. The van der Waals surface area contributed by atoms with Crippen LogP contribution in [0.2, 0.25) is 5.02 Å². The van der Waals surface area contributed by atoms with E-state index in [1.807, 2.05) is 12.1 Å². The van der Waals surface area contributed by atoms with Crippen LogP contribution < -0.4 is 0 Å². The molecule has 1 aromatic heterocycles. The van der Waals surface area contributed by atoms with Gasteiger partial charge in [0.25, 0.3) is 0 Å². The van der Waals surface area contributed by atoms with Crippen LogP contribution in [0.25, 0.3) is 0 Å². The van der Waals surface area contributed by atoms with Crippen LogP contribution in [-0.4, -0.2) is 22.7 Å². The fourth-order valence-corrected chi connectivity index (χ4v) is 1.68. The van der Waals surface area contributed by atoms with Gasteiger partial charge in [0.1, 0.15) is 6.42 Å². The number of aromatic nitrogens is 2. The monoisotopic (exact) mass is 280 g/mol. The molecule has 0 radical (unpaired) electrons. The second-order valence-electron chi connectivity index (χ2n) is 3.89. The Labute approximate surface area is 115 Å². The second kappa shape index (κ2) is 6.33. The summed E-state index contributed by atoms with van der Waals surface area (Å²) in [5, 5.41) is 4.50. The third kappa shape index (κ3) is 4.06. The first-order valence-electron chi connectivity index (χ1n) is 5.89. The molecule has 0 saturated heterocycles. The summed E-state index contributed by atoms with van der Waals surface area (Å²) in [5.41, 5.74) is 1.02. The molecule has 0 aliphatic rings. The highest BCUT2D eigenvalue weighted by atomic mass is 35.5. The van der Waals surface area contributed by atoms with Crippen LogP contribution in [0.1, 0.15) is 24.2 Å². The number of ether oxygens (including phenoxy) is 1. The third-order valence-electron chi connectivity index (χ3n) is 2.39. The summed E-state index contributed by atoms with van der Waals surface area (Å²) >= 11 is 5.80. The van der Waals surface area contributed by atoms with Gasteiger partial charge in [-0.2, -0.15) is 4.98 Å². The van der Waals surface area contributed by atoms with Crippen molar-refractivity contribution in [2.24, 2.45) is 0 Å². The van der Waals surface area contributed by atoms with E-state index in [2.05, 4.69) is 10.1 Å². The SMILES string of the molecule is CCOC(=O)Cc1nc(Cc2ccc(Cl)cc2)no1. The molecule has 0 bridgehead atoms. The van der Waals surface area contributed by atoms with Crippen molar-refractivity contribution in [2.45, 2.75) is 19.8 Å². The van der Waals surface area contributed by atoms with Gasteiger partial charge in [-0.25, -0.2) is 0 Å². The normalized spacial score (nSPS) is 10.4. The first-order chi connectivity index (χ1) is 9.17. The largest absolute Gasteiger partial charge is 0.466 e. The van der Waals surface area contributed by atoms with Crippen molar-refractivity contribution in [3.05, 3.63) is 46.6 Å². The Balaban J connectivity index is 1.97. The zero-order valence-corrected chi connectivity index (χ0v) is 11.2. The summed E-state index contributed by atoms with van der Waals surface area (Å²) in [7, 11) is 0. The van der Waals surface area contributed by atoms with E-state index in [1.54, 1.807) is 19.1 Å².